The van der Waals surface area contributed by atoms with Crippen LogP contribution in [0.25, 0.3) is 17.2 Å². The number of hydrogen-bond acceptors (Lipinski definition) is 5. The van der Waals surface area contributed by atoms with Gasteiger partial charge < -0.3 is 0 Å². The highest BCUT2D eigenvalue weighted by Gasteiger charge is 2.11. The number of aromatic nitrogens is 5. The van der Waals surface area contributed by atoms with E-state index in [0.717, 1.165) is 17.8 Å². The van der Waals surface area contributed by atoms with Crippen molar-refractivity contribution in [3.8, 4) is 11.4 Å². The lowest BCUT2D eigenvalue weighted by molar-refractivity contribution is -0.384. The van der Waals surface area contributed by atoms with Gasteiger partial charge in [0, 0.05) is 24.1 Å². The highest BCUT2D eigenvalue weighted by molar-refractivity contribution is 5.58. The van der Waals surface area contributed by atoms with Crippen LogP contribution in [0.4, 0.5) is 5.69 Å². The Morgan fingerprint density at radius 3 is 2.68 bits per heavy atom. The Bertz CT molecular complexity index is 742. The first-order valence-electron chi connectivity index (χ1n) is 5.74. The number of hydrogen-bond donors (Lipinski definition) is 1. The second-order valence-corrected chi connectivity index (χ2v) is 3.98. The molecule has 0 saturated carbocycles. The van der Waals surface area contributed by atoms with Gasteiger partial charge in [-0.1, -0.05) is 6.92 Å². The summed E-state index contributed by atoms with van der Waals surface area (Å²) in [7, 11) is 0. The van der Waals surface area contributed by atoms with E-state index < -0.39 is 4.92 Å². The number of aryl methyl sites for hydroxylation is 1. The Balaban J connectivity index is 2.03. The lowest BCUT2D eigenvalue weighted by atomic mass is 10.2. The highest BCUT2D eigenvalue weighted by Crippen LogP contribution is 2.20. The van der Waals surface area contributed by atoms with E-state index in [0.29, 0.717) is 11.6 Å². The summed E-state index contributed by atoms with van der Waals surface area (Å²) in [6.07, 6.45) is 0.739. The quantitative estimate of drug-likeness (QED) is 0.567. The maximum Gasteiger partial charge on any atom is 0.272 e. The van der Waals surface area contributed by atoms with Gasteiger partial charge >= 0.3 is 0 Å². The minimum Gasteiger partial charge on any atom is -0.272 e. The van der Waals surface area contributed by atoms with Crippen LogP contribution < -0.4 is 0 Å². The average molecular weight is 258 g/mol. The van der Waals surface area contributed by atoms with Crippen molar-refractivity contribution in [3.05, 3.63) is 40.2 Å². The van der Waals surface area contributed by atoms with E-state index in [2.05, 4.69) is 20.3 Å². The normalized spacial score (nSPS) is 11.0. The summed E-state index contributed by atoms with van der Waals surface area (Å²) in [6, 6.07) is 6.18. The molecule has 0 saturated heterocycles. The summed E-state index contributed by atoms with van der Waals surface area (Å²) in [5.74, 6) is 1.88. The molecular weight excluding hydrogens is 248 g/mol. The Morgan fingerprint density at radius 1 is 1.32 bits per heavy atom. The largest absolute Gasteiger partial charge is 0.272 e. The predicted molar refractivity (Wildman–Crippen MR) is 66.6 cm³/mol. The number of nitrogens with zero attached hydrogens (tertiary/aromatic N) is 5. The Kier molecular flexibility index (Phi) is 2.48. The zero-order valence-electron chi connectivity index (χ0n) is 10.1. The molecule has 0 atom stereocenters. The van der Waals surface area contributed by atoms with E-state index in [-0.39, 0.29) is 5.69 Å². The third kappa shape index (κ3) is 1.82. The van der Waals surface area contributed by atoms with Crippen molar-refractivity contribution >= 4 is 11.5 Å². The molecule has 0 bridgehead atoms. The van der Waals surface area contributed by atoms with E-state index in [1.54, 1.807) is 16.6 Å². The van der Waals surface area contributed by atoms with Crippen molar-refractivity contribution < 1.29 is 4.92 Å². The van der Waals surface area contributed by atoms with Crippen LogP contribution in [0.15, 0.2) is 24.3 Å². The standard InChI is InChI=1S/C11H10N6O2/c1-2-9-13-14-11-12-10(15-16(9)11)7-3-5-8(6-4-7)17(18)19/h3-6H,2H2,1H3,(H,12,14,15). The molecule has 0 radical (unpaired) electrons. The van der Waals surface area contributed by atoms with Gasteiger partial charge in [-0.05, 0) is 12.1 Å². The fourth-order valence-corrected chi connectivity index (χ4v) is 1.82. The van der Waals surface area contributed by atoms with E-state index in [1.807, 2.05) is 6.92 Å². The van der Waals surface area contributed by atoms with E-state index >= 15 is 0 Å². The SMILES string of the molecule is CCc1nnc2nc(-c3ccc([N+](=O)[O-])cc3)[nH]n12. The monoisotopic (exact) mass is 258 g/mol. The highest BCUT2D eigenvalue weighted by atomic mass is 16.6. The van der Waals surface area contributed by atoms with Gasteiger partial charge in [0.1, 0.15) is 0 Å². The van der Waals surface area contributed by atoms with Crippen LogP contribution in [0, 0.1) is 10.1 Å². The molecule has 0 aliphatic carbocycles. The van der Waals surface area contributed by atoms with Crippen LogP contribution in [0.2, 0.25) is 0 Å². The van der Waals surface area contributed by atoms with Gasteiger partial charge in [-0.2, -0.15) is 4.98 Å². The van der Waals surface area contributed by atoms with Crippen LogP contribution in [-0.2, 0) is 6.42 Å². The molecule has 19 heavy (non-hydrogen) atoms. The van der Waals surface area contributed by atoms with Crippen molar-refractivity contribution in [2.75, 3.05) is 0 Å². The van der Waals surface area contributed by atoms with Gasteiger partial charge in [0.05, 0.1) is 4.92 Å². The van der Waals surface area contributed by atoms with E-state index in [4.69, 9.17) is 0 Å². The number of nitrogens with one attached hydrogen (secondary N) is 1. The number of benzene rings is 1. The molecule has 3 rings (SSSR count). The topological polar surface area (TPSA) is 102 Å². The number of aromatic amines is 1. The van der Waals surface area contributed by atoms with Crippen molar-refractivity contribution in [1.29, 1.82) is 0 Å². The number of non-ortho nitro benzene ring substituents is 1. The summed E-state index contributed by atoms with van der Waals surface area (Å²) in [5, 5.41) is 21.6. The van der Waals surface area contributed by atoms with Gasteiger partial charge in [0.25, 0.3) is 11.5 Å². The Labute approximate surface area is 107 Å². The molecule has 0 aliphatic heterocycles. The zero-order valence-corrected chi connectivity index (χ0v) is 10.1. The summed E-state index contributed by atoms with van der Waals surface area (Å²) in [5.41, 5.74) is 0.814. The molecule has 0 spiro atoms. The first-order valence-corrected chi connectivity index (χ1v) is 5.74. The predicted octanol–water partition coefficient (Wildman–Crippen LogP) is 1.59. The Hall–Kier alpha value is -2.77. The summed E-state index contributed by atoms with van der Waals surface area (Å²) < 4.78 is 1.71. The molecule has 0 aliphatic rings. The smallest absolute Gasteiger partial charge is 0.272 e. The molecule has 0 fully saturated rings. The number of nitro groups is 1. The van der Waals surface area contributed by atoms with Gasteiger partial charge in [-0.15, -0.1) is 10.2 Å². The van der Waals surface area contributed by atoms with Crippen molar-refractivity contribution in [2.45, 2.75) is 13.3 Å². The van der Waals surface area contributed by atoms with Crippen molar-refractivity contribution in [1.82, 2.24) is 24.8 Å². The lowest BCUT2D eigenvalue weighted by Crippen LogP contribution is -1.93. The minimum atomic E-state index is -0.433. The number of H-pyrrole nitrogens is 1. The maximum absolute atomic E-state index is 10.6. The molecule has 1 N–H and O–H groups in total. The fourth-order valence-electron chi connectivity index (χ4n) is 1.82. The van der Waals surface area contributed by atoms with Crippen LogP contribution in [0.5, 0.6) is 0 Å². The molecule has 8 nitrogen and oxygen atoms in total. The van der Waals surface area contributed by atoms with Crippen LogP contribution >= 0.6 is 0 Å². The third-order valence-corrected chi connectivity index (χ3v) is 2.81. The summed E-state index contributed by atoms with van der Waals surface area (Å²) in [6.45, 7) is 1.98. The molecular formula is C11H10N6O2. The lowest BCUT2D eigenvalue weighted by Gasteiger charge is -1.96. The van der Waals surface area contributed by atoms with Crippen molar-refractivity contribution in [3.63, 3.8) is 0 Å². The van der Waals surface area contributed by atoms with Crippen LogP contribution in [-0.4, -0.2) is 29.7 Å². The first kappa shape index (κ1) is 11.3. The second kappa shape index (κ2) is 4.16. The van der Waals surface area contributed by atoms with Crippen LogP contribution in [0.3, 0.4) is 0 Å². The van der Waals surface area contributed by atoms with Crippen LogP contribution in [0.1, 0.15) is 12.7 Å². The third-order valence-electron chi connectivity index (χ3n) is 2.81. The molecule has 96 valence electrons. The second-order valence-electron chi connectivity index (χ2n) is 3.98. The number of rotatable bonds is 3. The molecule has 2 heterocycles. The summed E-state index contributed by atoms with van der Waals surface area (Å²) >= 11 is 0. The molecule has 8 heteroatoms. The molecule has 0 unspecified atom stereocenters. The maximum atomic E-state index is 10.6. The fraction of sp³-hybridized carbons (Fsp3) is 0.182. The van der Waals surface area contributed by atoms with Gasteiger partial charge in [-0.25, -0.2) is 4.52 Å². The van der Waals surface area contributed by atoms with Gasteiger partial charge in [0.15, 0.2) is 11.6 Å². The van der Waals surface area contributed by atoms with Gasteiger partial charge in [-0.3, -0.25) is 15.2 Å². The summed E-state index contributed by atoms with van der Waals surface area (Å²) in [4.78, 5) is 14.4. The zero-order chi connectivity index (χ0) is 13.4. The minimum absolute atomic E-state index is 0.0518. The number of fused-ring (bicyclic) bond motifs is 1. The van der Waals surface area contributed by atoms with Crippen molar-refractivity contribution in [2.24, 2.45) is 0 Å². The number of nitro benzene ring substituents is 1. The molecule has 3 aromatic rings. The average Bonchev–Trinajstić information content (AvgIpc) is 2.98. The first-order chi connectivity index (χ1) is 9.19. The van der Waals surface area contributed by atoms with Gasteiger partial charge in [0.2, 0.25) is 0 Å². The Morgan fingerprint density at radius 2 is 2.05 bits per heavy atom. The van der Waals surface area contributed by atoms with E-state index in [1.165, 1.54) is 12.1 Å². The molecule has 0 amide bonds. The van der Waals surface area contributed by atoms with E-state index in [9.17, 15) is 10.1 Å². The molecule has 1 aromatic carbocycles. The molecule has 2 aromatic heterocycles.